The van der Waals surface area contributed by atoms with Crippen molar-refractivity contribution in [2.45, 2.75) is 51.6 Å². The molecule has 2 aromatic carbocycles. The molecule has 3 aromatic rings. The molecule has 2 aliphatic heterocycles. The quantitative estimate of drug-likeness (QED) is 0.574. The molecule has 3 atom stereocenters. The summed E-state index contributed by atoms with van der Waals surface area (Å²) in [6.07, 6.45) is -0.613. The van der Waals surface area contributed by atoms with Crippen molar-refractivity contribution in [3.63, 3.8) is 0 Å². The van der Waals surface area contributed by atoms with Gasteiger partial charge in [0.2, 0.25) is 5.89 Å². The van der Waals surface area contributed by atoms with Gasteiger partial charge in [-0.2, -0.15) is 0 Å². The zero-order chi connectivity index (χ0) is 23.8. The predicted octanol–water partition coefficient (Wildman–Crippen LogP) is 4.56. The molecule has 2 aliphatic rings. The maximum atomic E-state index is 13.6. The van der Waals surface area contributed by atoms with E-state index in [1.165, 1.54) is 6.92 Å². The molecule has 8 heteroatoms. The zero-order valence-corrected chi connectivity index (χ0v) is 19.3. The van der Waals surface area contributed by atoms with E-state index in [-0.39, 0.29) is 29.6 Å². The molecule has 178 valence electrons. The van der Waals surface area contributed by atoms with Crippen molar-refractivity contribution in [3.8, 4) is 11.5 Å². The third-order valence-electron chi connectivity index (χ3n) is 6.82. The van der Waals surface area contributed by atoms with Gasteiger partial charge in [0.1, 0.15) is 0 Å². The van der Waals surface area contributed by atoms with Gasteiger partial charge in [-0.05, 0) is 55.9 Å². The molecule has 7 nitrogen and oxygen atoms in total. The van der Waals surface area contributed by atoms with Gasteiger partial charge in [-0.3, -0.25) is 4.79 Å². The molecule has 34 heavy (non-hydrogen) atoms. The number of ether oxygens (including phenoxy) is 1. The van der Waals surface area contributed by atoms with Crippen LogP contribution in [0, 0.1) is 12.8 Å². The van der Waals surface area contributed by atoms with Crippen LogP contribution in [0.5, 0.6) is 0 Å². The fourth-order valence-electron chi connectivity index (χ4n) is 4.91. The van der Waals surface area contributed by atoms with Crippen LogP contribution in [-0.4, -0.2) is 45.4 Å². The Morgan fingerprint density at radius 1 is 1.12 bits per heavy atom. The van der Waals surface area contributed by atoms with Crippen LogP contribution < -0.4 is 0 Å². The van der Waals surface area contributed by atoms with Crippen molar-refractivity contribution in [1.82, 2.24) is 15.1 Å². The summed E-state index contributed by atoms with van der Waals surface area (Å²) in [5, 5.41) is 19.1. The van der Waals surface area contributed by atoms with Crippen LogP contribution in [0.4, 0.5) is 4.39 Å². The number of hydrogen-bond donors (Lipinski definition) is 1. The molecule has 1 aromatic heterocycles. The van der Waals surface area contributed by atoms with E-state index < -0.39 is 12.3 Å². The Bertz CT molecular complexity index is 1170. The van der Waals surface area contributed by atoms with Crippen molar-refractivity contribution in [1.29, 1.82) is 0 Å². The van der Waals surface area contributed by atoms with Gasteiger partial charge in [-0.15, -0.1) is 10.2 Å². The molecule has 0 saturated carbocycles. The summed E-state index contributed by atoms with van der Waals surface area (Å²) in [5.41, 5.74) is 3.89. The molecular weight excluding hydrogens is 437 g/mol. The number of aryl methyl sites for hydroxylation is 1. The van der Waals surface area contributed by atoms with Gasteiger partial charge < -0.3 is 19.2 Å². The summed E-state index contributed by atoms with van der Waals surface area (Å²) < 4.78 is 24.5. The minimum atomic E-state index is -1.36. The first kappa shape index (κ1) is 22.7. The summed E-state index contributed by atoms with van der Waals surface area (Å²) in [4.78, 5) is 15.4. The third-order valence-corrected chi connectivity index (χ3v) is 6.82. The second kappa shape index (κ2) is 9.27. The van der Waals surface area contributed by atoms with E-state index >= 15 is 0 Å². The maximum Gasteiger partial charge on any atom is 0.254 e. The lowest BCUT2D eigenvalue weighted by atomic mass is 9.84. The molecule has 0 bridgehead atoms. The minimum absolute atomic E-state index is 0.0933. The highest BCUT2D eigenvalue weighted by atomic mass is 19.1. The number of fused-ring (bicyclic) bond motifs is 1. The number of hydrogen-bond acceptors (Lipinski definition) is 6. The molecule has 0 spiro atoms. The second-order valence-electron chi connectivity index (χ2n) is 9.16. The molecule has 1 unspecified atom stereocenters. The number of amides is 1. The SMILES string of the molecule is Cc1ccc([C@H](O)[C@@H](C2CCOCC2)N2Cc3ccc(-c4nnc(C(C)F)o4)cc3C2=O)cc1. The third kappa shape index (κ3) is 4.23. The summed E-state index contributed by atoms with van der Waals surface area (Å²) >= 11 is 0. The van der Waals surface area contributed by atoms with E-state index in [1.807, 2.05) is 37.3 Å². The van der Waals surface area contributed by atoms with Crippen molar-refractivity contribution in [2.24, 2.45) is 5.92 Å². The lowest BCUT2D eigenvalue weighted by molar-refractivity contribution is -0.0213. The van der Waals surface area contributed by atoms with Gasteiger partial charge in [0, 0.05) is 30.9 Å². The average Bonchev–Trinajstić information content (AvgIpc) is 3.46. The number of benzene rings is 2. The van der Waals surface area contributed by atoms with Gasteiger partial charge in [0.05, 0.1) is 12.1 Å². The van der Waals surface area contributed by atoms with Crippen molar-refractivity contribution >= 4 is 5.91 Å². The van der Waals surface area contributed by atoms with Gasteiger partial charge in [-0.25, -0.2) is 4.39 Å². The highest BCUT2D eigenvalue weighted by Crippen LogP contribution is 2.38. The molecule has 3 heterocycles. The highest BCUT2D eigenvalue weighted by Gasteiger charge is 2.41. The summed E-state index contributed by atoms with van der Waals surface area (Å²) in [5.74, 6) is 0.0592. The molecule has 0 radical (unpaired) electrons. The second-order valence-corrected chi connectivity index (χ2v) is 9.16. The molecule has 0 aliphatic carbocycles. The van der Waals surface area contributed by atoms with Gasteiger partial charge in [0.15, 0.2) is 6.17 Å². The number of aliphatic hydroxyl groups excluding tert-OH is 1. The molecule has 1 fully saturated rings. The Kier molecular flexibility index (Phi) is 6.18. The Labute approximate surface area is 197 Å². The summed E-state index contributed by atoms with van der Waals surface area (Å²) in [7, 11) is 0. The predicted molar refractivity (Wildman–Crippen MR) is 123 cm³/mol. The first-order chi connectivity index (χ1) is 16.4. The monoisotopic (exact) mass is 465 g/mol. The van der Waals surface area contributed by atoms with Crippen LogP contribution in [0.25, 0.3) is 11.5 Å². The molecule has 1 N–H and O–H groups in total. The van der Waals surface area contributed by atoms with Gasteiger partial charge in [0.25, 0.3) is 11.8 Å². The van der Waals surface area contributed by atoms with E-state index in [0.29, 0.717) is 30.9 Å². The standard InChI is InChI=1S/C26H28FN3O4/c1-15-3-5-18(6-4-15)23(31)22(17-9-11-33-12-10-17)30-14-20-8-7-19(13-21(20)26(30)32)25-29-28-24(34-25)16(2)27/h3-8,13,16-17,22-23,31H,9-12,14H2,1-2H3/t16?,22-,23+/m1/s1. The van der Waals surface area contributed by atoms with E-state index in [0.717, 1.165) is 29.5 Å². The van der Waals surface area contributed by atoms with Crippen LogP contribution >= 0.6 is 0 Å². The number of nitrogens with zero attached hydrogens (tertiary/aromatic N) is 3. The topological polar surface area (TPSA) is 88.7 Å². The lowest BCUT2D eigenvalue weighted by Gasteiger charge is -2.39. The van der Waals surface area contributed by atoms with Crippen molar-refractivity contribution < 1.29 is 23.4 Å². The summed E-state index contributed by atoms with van der Waals surface area (Å²) in [6, 6.07) is 12.8. The van der Waals surface area contributed by atoms with Crippen molar-refractivity contribution in [3.05, 3.63) is 70.6 Å². The normalized spacial score (nSPS) is 19.2. The largest absolute Gasteiger partial charge is 0.418 e. The Morgan fingerprint density at radius 3 is 2.53 bits per heavy atom. The Balaban J connectivity index is 1.46. The molecular formula is C26H28FN3O4. The lowest BCUT2D eigenvalue weighted by Crippen LogP contribution is -2.46. The van der Waals surface area contributed by atoms with Gasteiger partial charge in [-0.1, -0.05) is 35.9 Å². The number of carbonyl (C=O) groups is 1. The fraction of sp³-hybridized carbons (Fsp3) is 0.423. The first-order valence-electron chi connectivity index (χ1n) is 11.7. The molecule has 5 rings (SSSR count). The Morgan fingerprint density at radius 2 is 1.85 bits per heavy atom. The zero-order valence-electron chi connectivity index (χ0n) is 19.3. The minimum Gasteiger partial charge on any atom is -0.418 e. The first-order valence-corrected chi connectivity index (χ1v) is 11.7. The highest BCUT2D eigenvalue weighted by molar-refractivity contribution is 5.99. The number of rotatable bonds is 6. The van der Waals surface area contributed by atoms with E-state index in [2.05, 4.69) is 10.2 Å². The average molecular weight is 466 g/mol. The van der Waals surface area contributed by atoms with E-state index in [1.54, 1.807) is 17.0 Å². The fourth-order valence-corrected chi connectivity index (χ4v) is 4.91. The van der Waals surface area contributed by atoms with Crippen LogP contribution in [0.2, 0.25) is 0 Å². The van der Waals surface area contributed by atoms with Crippen LogP contribution in [0.15, 0.2) is 46.9 Å². The van der Waals surface area contributed by atoms with Crippen molar-refractivity contribution in [2.75, 3.05) is 13.2 Å². The van der Waals surface area contributed by atoms with E-state index in [4.69, 9.17) is 9.15 Å². The van der Waals surface area contributed by atoms with E-state index in [9.17, 15) is 14.3 Å². The number of aliphatic hydroxyl groups is 1. The summed E-state index contributed by atoms with van der Waals surface area (Å²) in [6.45, 7) is 4.99. The molecule has 1 saturated heterocycles. The number of aromatic nitrogens is 2. The number of carbonyl (C=O) groups excluding carboxylic acids is 1. The van der Waals surface area contributed by atoms with Crippen LogP contribution in [0.3, 0.4) is 0 Å². The maximum absolute atomic E-state index is 13.6. The van der Waals surface area contributed by atoms with Gasteiger partial charge >= 0.3 is 0 Å². The number of alkyl halides is 1. The van der Waals surface area contributed by atoms with Crippen LogP contribution in [0.1, 0.15) is 65.0 Å². The van der Waals surface area contributed by atoms with Crippen LogP contribution in [-0.2, 0) is 11.3 Å². The number of halogens is 1. The Hall–Kier alpha value is -3.10. The molecule has 1 amide bonds. The smallest absolute Gasteiger partial charge is 0.254 e.